The summed E-state index contributed by atoms with van der Waals surface area (Å²) >= 11 is 0. The Morgan fingerprint density at radius 1 is 1.03 bits per heavy atom. The summed E-state index contributed by atoms with van der Waals surface area (Å²) in [6, 6.07) is 15.4. The average molecular weight is 467 g/mol. The lowest BCUT2D eigenvalue weighted by molar-refractivity contribution is -0.147. The van der Waals surface area contributed by atoms with Crippen LogP contribution in [0.15, 0.2) is 48.5 Å². The van der Waals surface area contributed by atoms with Gasteiger partial charge in [-0.1, -0.05) is 68.8 Å². The molecule has 3 rings (SSSR count). The molecule has 0 heterocycles. The summed E-state index contributed by atoms with van der Waals surface area (Å²) in [5.41, 5.74) is 3.59. The summed E-state index contributed by atoms with van der Waals surface area (Å²) in [4.78, 5) is 36.8. The van der Waals surface area contributed by atoms with E-state index in [9.17, 15) is 19.5 Å². The SMILES string of the molecule is CCC(C)C(NC(=O)OCC1c2ccccc2-c2ccccc21)C(=O)NCCC(C)(C)C(=O)O. The zero-order valence-electron chi connectivity index (χ0n) is 20.3. The standard InChI is InChI=1S/C27H34N2O5/c1-5-17(2)23(24(30)28-15-14-27(3,4)25(31)32)29-26(33)34-16-22-20-12-8-6-10-18(20)19-11-7-9-13-21(19)22/h6-13,17,22-23H,5,14-16H2,1-4H3,(H,28,30)(H,29,33)(H,31,32). The number of hydrogen-bond donors (Lipinski definition) is 3. The zero-order valence-corrected chi connectivity index (χ0v) is 20.3. The number of alkyl carbamates (subject to hydrolysis) is 1. The number of carboxylic acid groups (broad SMARTS) is 1. The van der Waals surface area contributed by atoms with Crippen LogP contribution >= 0.6 is 0 Å². The monoisotopic (exact) mass is 466 g/mol. The summed E-state index contributed by atoms with van der Waals surface area (Å²) in [5, 5.41) is 14.7. The second kappa shape index (κ2) is 10.7. The quantitative estimate of drug-likeness (QED) is 0.476. The van der Waals surface area contributed by atoms with Gasteiger partial charge in [0.05, 0.1) is 5.41 Å². The van der Waals surface area contributed by atoms with Crippen molar-refractivity contribution >= 4 is 18.0 Å². The molecular formula is C27H34N2O5. The summed E-state index contributed by atoms with van der Waals surface area (Å²) in [5.74, 6) is -1.44. The van der Waals surface area contributed by atoms with Crippen molar-refractivity contribution in [3.8, 4) is 11.1 Å². The summed E-state index contributed by atoms with van der Waals surface area (Å²) in [6.07, 6.45) is 0.322. The molecule has 2 aromatic rings. The van der Waals surface area contributed by atoms with E-state index in [0.717, 1.165) is 22.3 Å². The Bertz CT molecular complexity index is 1000. The first kappa shape index (κ1) is 25.3. The number of rotatable bonds is 10. The number of ether oxygens (including phenoxy) is 1. The smallest absolute Gasteiger partial charge is 0.407 e. The van der Waals surface area contributed by atoms with Crippen LogP contribution < -0.4 is 10.6 Å². The van der Waals surface area contributed by atoms with Crippen LogP contribution in [0, 0.1) is 11.3 Å². The van der Waals surface area contributed by atoms with E-state index < -0.39 is 23.5 Å². The molecule has 2 amide bonds. The van der Waals surface area contributed by atoms with Gasteiger partial charge >= 0.3 is 12.1 Å². The third-order valence-corrected chi connectivity index (χ3v) is 6.74. The molecular weight excluding hydrogens is 432 g/mol. The summed E-state index contributed by atoms with van der Waals surface area (Å²) in [7, 11) is 0. The highest BCUT2D eigenvalue weighted by atomic mass is 16.5. The number of fused-ring (bicyclic) bond motifs is 3. The molecule has 2 unspecified atom stereocenters. The fourth-order valence-electron chi connectivity index (χ4n) is 4.18. The van der Waals surface area contributed by atoms with Gasteiger partial charge in [-0.3, -0.25) is 9.59 Å². The van der Waals surface area contributed by atoms with E-state index >= 15 is 0 Å². The van der Waals surface area contributed by atoms with Crippen molar-refractivity contribution in [1.29, 1.82) is 0 Å². The number of carbonyl (C=O) groups is 3. The van der Waals surface area contributed by atoms with Gasteiger partial charge in [-0.2, -0.15) is 0 Å². The van der Waals surface area contributed by atoms with Crippen molar-refractivity contribution in [2.24, 2.45) is 11.3 Å². The molecule has 0 saturated carbocycles. The lowest BCUT2D eigenvalue weighted by Gasteiger charge is -2.25. The summed E-state index contributed by atoms with van der Waals surface area (Å²) in [6.45, 7) is 7.43. The molecule has 0 spiro atoms. The topological polar surface area (TPSA) is 105 Å². The van der Waals surface area contributed by atoms with Crippen LogP contribution in [-0.4, -0.2) is 42.3 Å². The molecule has 0 fully saturated rings. The van der Waals surface area contributed by atoms with Crippen LogP contribution in [0.25, 0.3) is 11.1 Å². The minimum atomic E-state index is -0.945. The highest BCUT2D eigenvalue weighted by molar-refractivity contribution is 5.86. The van der Waals surface area contributed by atoms with Gasteiger partial charge in [-0.05, 0) is 48.4 Å². The Balaban J connectivity index is 1.61. The third-order valence-electron chi connectivity index (χ3n) is 6.74. The van der Waals surface area contributed by atoms with Crippen molar-refractivity contribution in [3.63, 3.8) is 0 Å². The fraction of sp³-hybridized carbons (Fsp3) is 0.444. The lowest BCUT2D eigenvalue weighted by atomic mass is 9.89. The minimum Gasteiger partial charge on any atom is -0.481 e. The predicted octanol–water partition coefficient (Wildman–Crippen LogP) is 4.56. The molecule has 1 aliphatic rings. The van der Waals surface area contributed by atoms with Gasteiger partial charge < -0.3 is 20.5 Å². The predicted molar refractivity (Wildman–Crippen MR) is 130 cm³/mol. The Morgan fingerprint density at radius 3 is 2.12 bits per heavy atom. The molecule has 34 heavy (non-hydrogen) atoms. The van der Waals surface area contributed by atoms with Gasteiger partial charge in [0.2, 0.25) is 5.91 Å². The van der Waals surface area contributed by atoms with Gasteiger partial charge in [0.15, 0.2) is 0 Å². The Hall–Kier alpha value is -3.35. The first-order valence-corrected chi connectivity index (χ1v) is 11.8. The Kier molecular flexibility index (Phi) is 7.97. The molecule has 0 saturated heterocycles. The van der Waals surface area contributed by atoms with Crippen LogP contribution in [-0.2, 0) is 14.3 Å². The van der Waals surface area contributed by atoms with Gasteiger partial charge in [0.1, 0.15) is 12.6 Å². The lowest BCUT2D eigenvalue weighted by Crippen LogP contribution is -2.51. The zero-order chi connectivity index (χ0) is 24.9. The maximum Gasteiger partial charge on any atom is 0.407 e. The van der Waals surface area contributed by atoms with Crippen molar-refractivity contribution < 1.29 is 24.2 Å². The van der Waals surface area contributed by atoms with E-state index in [2.05, 4.69) is 34.9 Å². The van der Waals surface area contributed by atoms with Crippen LogP contribution in [0.3, 0.4) is 0 Å². The van der Waals surface area contributed by atoms with E-state index in [0.29, 0.717) is 6.42 Å². The average Bonchev–Trinajstić information content (AvgIpc) is 3.14. The molecule has 7 heteroatoms. The van der Waals surface area contributed by atoms with E-state index in [1.807, 2.05) is 38.1 Å². The number of aliphatic carboxylic acids is 1. The van der Waals surface area contributed by atoms with Crippen LogP contribution in [0.2, 0.25) is 0 Å². The number of nitrogens with one attached hydrogen (secondary N) is 2. The Morgan fingerprint density at radius 2 is 1.59 bits per heavy atom. The minimum absolute atomic E-state index is 0.0627. The number of hydrogen-bond acceptors (Lipinski definition) is 4. The van der Waals surface area contributed by atoms with Gasteiger partial charge in [0, 0.05) is 12.5 Å². The number of amides is 2. The van der Waals surface area contributed by atoms with E-state index in [4.69, 9.17) is 4.74 Å². The molecule has 182 valence electrons. The van der Waals surface area contributed by atoms with Gasteiger partial charge in [-0.15, -0.1) is 0 Å². The van der Waals surface area contributed by atoms with Crippen molar-refractivity contribution in [1.82, 2.24) is 10.6 Å². The molecule has 0 aliphatic heterocycles. The molecule has 7 nitrogen and oxygen atoms in total. The molecule has 1 aliphatic carbocycles. The van der Waals surface area contributed by atoms with Crippen molar-refractivity contribution in [3.05, 3.63) is 59.7 Å². The van der Waals surface area contributed by atoms with E-state index in [-0.39, 0.29) is 37.3 Å². The van der Waals surface area contributed by atoms with Crippen molar-refractivity contribution in [2.75, 3.05) is 13.2 Å². The fourth-order valence-corrected chi connectivity index (χ4v) is 4.18. The van der Waals surface area contributed by atoms with Crippen molar-refractivity contribution in [2.45, 2.75) is 52.5 Å². The molecule has 2 atom stereocenters. The largest absolute Gasteiger partial charge is 0.481 e. The normalized spacial score (nSPS) is 14.5. The number of benzene rings is 2. The highest BCUT2D eigenvalue weighted by Crippen LogP contribution is 2.44. The first-order valence-electron chi connectivity index (χ1n) is 11.8. The Labute approximate surface area is 200 Å². The number of carbonyl (C=O) groups excluding carboxylic acids is 2. The molecule has 0 radical (unpaired) electrons. The first-order chi connectivity index (χ1) is 16.2. The molecule has 0 bridgehead atoms. The van der Waals surface area contributed by atoms with Gasteiger partial charge in [0.25, 0.3) is 0 Å². The maximum atomic E-state index is 12.8. The van der Waals surface area contributed by atoms with Gasteiger partial charge in [-0.25, -0.2) is 4.79 Å². The second-order valence-corrected chi connectivity index (χ2v) is 9.56. The highest BCUT2D eigenvalue weighted by Gasteiger charge is 2.31. The third kappa shape index (κ3) is 5.58. The second-order valence-electron chi connectivity index (χ2n) is 9.56. The van der Waals surface area contributed by atoms with E-state index in [1.54, 1.807) is 13.8 Å². The van der Waals surface area contributed by atoms with E-state index in [1.165, 1.54) is 0 Å². The van der Waals surface area contributed by atoms with Crippen LogP contribution in [0.4, 0.5) is 4.79 Å². The van der Waals surface area contributed by atoms with Crippen LogP contribution in [0.5, 0.6) is 0 Å². The maximum absolute atomic E-state index is 12.8. The molecule has 3 N–H and O–H groups in total. The number of carboxylic acids is 1. The molecule has 0 aromatic heterocycles. The molecule has 2 aromatic carbocycles. The summed E-state index contributed by atoms with van der Waals surface area (Å²) < 4.78 is 5.60. The van der Waals surface area contributed by atoms with Crippen LogP contribution in [0.1, 0.15) is 57.6 Å².